The van der Waals surface area contributed by atoms with Crippen molar-refractivity contribution in [2.75, 3.05) is 29.5 Å². The van der Waals surface area contributed by atoms with Gasteiger partial charge in [0.25, 0.3) is 0 Å². The molecule has 7 heteroatoms. The van der Waals surface area contributed by atoms with Gasteiger partial charge in [-0.05, 0) is 39.0 Å². The molecule has 3 N–H and O–H groups in total. The van der Waals surface area contributed by atoms with Gasteiger partial charge in [0.15, 0.2) is 0 Å². The van der Waals surface area contributed by atoms with Crippen molar-refractivity contribution >= 4 is 35.1 Å². The third kappa shape index (κ3) is 5.14. The van der Waals surface area contributed by atoms with Crippen LogP contribution in [-0.2, 0) is 9.53 Å². The average Bonchev–Trinajstić information content (AvgIpc) is 2.41. The zero-order valence-corrected chi connectivity index (χ0v) is 13.8. The van der Waals surface area contributed by atoms with Crippen molar-refractivity contribution in [3.05, 3.63) is 18.2 Å². The van der Waals surface area contributed by atoms with Crippen molar-refractivity contribution in [3.63, 3.8) is 0 Å². The molecule has 1 aliphatic heterocycles. The quantitative estimate of drug-likeness (QED) is 0.742. The molecule has 0 saturated heterocycles. The van der Waals surface area contributed by atoms with Gasteiger partial charge in [-0.1, -0.05) is 0 Å². The highest BCUT2D eigenvalue weighted by Crippen LogP contribution is 2.33. The van der Waals surface area contributed by atoms with Crippen LogP contribution in [0.3, 0.4) is 0 Å². The van der Waals surface area contributed by atoms with Crippen molar-refractivity contribution in [2.45, 2.75) is 31.3 Å². The molecule has 0 spiro atoms. The van der Waals surface area contributed by atoms with Gasteiger partial charge in [0.2, 0.25) is 5.91 Å². The topological polar surface area (TPSA) is 79.5 Å². The maximum absolute atomic E-state index is 11.5. The van der Waals surface area contributed by atoms with E-state index in [-0.39, 0.29) is 5.91 Å². The van der Waals surface area contributed by atoms with E-state index in [4.69, 9.17) is 4.74 Å². The molecule has 0 radical (unpaired) electrons. The number of hydrogen-bond donors (Lipinski definition) is 3. The van der Waals surface area contributed by atoms with Gasteiger partial charge in [-0.25, -0.2) is 4.79 Å². The minimum atomic E-state index is -0.494. The fourth-order valence-corrected chi connectivity index (χ4v) is 2.67. The number of carbonyl (C=O) groups is 2. The predicted octanol–water partition coefficient (Wildman–Crippen LogP) is 2.67. The molecule has 22 heavy (non-hydrogen) atoms. The maximum atomic E-state index is 11.5. The second-order valence-electron chi connectivity index (χ2n) is 5.90. The summed E-state index contributed by atoms with van der Waals surface area (Å²) in [6, 6.07) is 5.83. The van der Waals surface area contributed by atoms with E-state index in [2.05, 4.69) is 16.0 Å². The second kappa shape index (κ2) is 6.91. The van der Waals surface area contributed by atoms with Crippen molar-refractivity contribution in [1.82, 2.24) is 5.32 Å². The summed E-state index contributed by atoms with van der Waals surface area (Å²) >= 11 is 1.53. The van der Waals surface area contributed by atoms with Gasteiger partial charge in [0.1, 0.15) is 5.60 Å². The van der Waals surface area contributed by atoms with E-state index in [0.717, 1.165) is 16.3 Å². The molecule has 0 fully saturated rings. The Morgan fingerprint density at radius 2 is 2.14 bits per heavy atom. The Kier molecular flexibility index (Phi) is 5.18. The van der Waals surface area contributed by atoms with Gasteiger partial charge in [0, 0.05) is 23.7 Å². The SMILES string of the molecule is CC(C)(C)OC(=O)NCCNc1ccc2c(c1)NC(=O)CS2. The van der Waals surface area contributed by atoms with Crippen LogP contribution in [0.15, 0.2) is 23.1 Å². The Bertz CT molecular complexity index is 570. The van der Waals surface area contributed by atoms with Crippen LogP contribution in [0.1, 0.15) is 20.8 Å². The summed E-state index contributed by atoms with van der Waals surface area (Å²) in [5.41, 5.74) is 1.23. The number of thioether (sulfide) groups is 1. The predicted molar refractivity (Wildman–Crippen MR) is 88.5 cm³/mol. The Morgan fingerprint density at radius 1 is 1.36 bits per heavy atom. The van der Waals surface area contributed by atoms with Gasteiger partial charge < -0.3 is 20.7 Å². The molecule has 1 aromatic rings. The first kappa shape index (κ1) is 16.5. The highest BCUT2D eigenvalue weighted by molar-refractivity contribution is 8.00. The third-order valence-electron chi connectivity index (χ3n) is 2.73. The minimum absolute atomic E-state index is 0.0150. The Labute approximate surface area is 134 Å². The van der Waals surface area contributed by atoms with Crippen molar-refractivity contribution in [1.29, 1.82) is 0 Å². The second-order valence-corrected chi connectivity index (χ2v) is 6.92. The van der Waals surface area contributed by atoms with Gasteiger partial charge in [-0.2, -0.15) is 0 Å². The number of alkyl carbamates (subject to hydrolysis) is 1. The van der Waals surface area contributed by atoms with Crippen molar-refractivity contribution < 1.29 is 14.3 Å². The number of benzene rings is 1. The number of anilines is 2. The summed E-state index contributed by atoms with van der Waals surface area (Å²) < 4.78 is 5.15. The third-order valence-corrected chi connectivity index (χ3v) is 3.81. The zero-order valence-electron chi connectivity index (χ0n) is 13.0. The number of amides is 2. The number of carbonyl (C=O) groups excluding carboxylic acids is 2. The Hall–Kier alpha value is -1.89. The number of rotatable bonds is 4. The average molecular weight is 323 g/mol. The van der Waals surface area contributed by atoms with Crippen LogP contribution in [0, 0.1) is 0 Å². The smallest absolute Gasteiger partial charge is 0.407 e. The van der Waals surface area contributed by atoms with Crippen LogP contribution in [0.2, 0.25) is 0 Å². The molecule has 2 amide bonds. The van der Waals surface area contributed by atoms with E-state index >= 15 is 0 Å². The summed E-state index contributed by atoms with van der Waals surface area (Å²) in [5, 5.41) is 8.72. The number of nitrogens with one attached hydrogen (secondary N) is 3. The highest BCUT2D eigenvalue weighted by atomic mass is 32.2. The summed E-state index contributed by atoms with van der Waals surface area (Å²) in [7, 11) is 0. The molecule has 0 atom stereocenters. The Balaban J connectivity index is 1.77. The Morgan fingerprint density at radius 3 is 2.86 bits per heavy atom. The summed E-state index contributed by atoms with van der Waals surface area (Å²) in [6.45, 7) is 6.49. The van der Waals surface area contributed by atoms with Crippen LogP contribution >= 0.6 is 11.8 Å². The van der Waals surface area contributed by atoms with Gasteiger partial charge >= 0.3 is 6.09 Å². The lowest BCUT2D eigenvalue weighted by Gasteiger charge is -2.20. The first-order chi connectivity index (χ1) is 10.3. The van der Waals surface area contributed by atoms with E-state index in [1.54, 1.807) is 0 Å². The van der Waals surface area contributed by atoms with Crippen LogP contribution in [0.5, 0.6) is 0 Å². The lowest BCUT2D eigenvalue weighted by molar-refractivity contribution is -0.113. The molecule has 1 aliphatic rings. The zero-order chi connectivity index (χ0) is 16.2. The summed E-state index contributed by atoms with van der Waals surface area (Å²) in [6.07, 6.45) is -0.427. The fourth-order valence-electron chi connectivity index (χ4n) is 1.88. The molecule has 120 valence electrons. The largest absolute Gasteiger partial charge is 0.444 e. The minimum Gasteiger partial charge on any atom is -0.444 e. The molecule has 0 aliphatic carbocycles. The van der Waals surface area contributed by atoms with E-state index in [0.29, 0.717) is 18.8 Å². The summed E-state index contributed by atoms with van der Waals surface area (Å²) in [4.78, 5) is 23.9. The standard InChI is InChI=1S/C15H21N3O3S/c1-15(2,3)21-14(20)17-7-6-16-10-4-5-12-11(8-10)18-13(19)9-22-12/h4-5,8,16H,6-7,9H2,1-3H3,(H,17,20)(H,18,19). The molecule has 2 rings (SSSR count). The number of ether oxygens (including phenoxy) is 1. The monoisotopic (exact) mass is 323 g/mol. The molecule has 6 nitrogen and oxygen atoms in total. The number of fused-ring (bicyclic) bond motifs is 1. The molecule has 1 heterocycles. The fraction of sp³-hybridized carbons (Fsp3) is 0.467. The number of hydrogen-bond acceptors (Lipinski definition) is 5. The lowest BCUT2D eigenvalue weighted by atomic mass is 10.2. The van der Waals surface area contributed by atoms with Crippen LogP contribution in [0.4, 0.5) is 16.2 Å². The maximum Gasteiger partial charge on any atom is 0.407 e. The highest BCUT2D eigenvalue weighted by Gasteiger charge is 2.16. The first-order valence-corrected chi connectivity index (χ1v) is 8.09. The van der Waals surface area contributed by atoms with E-state index in [1.807, 2.05) is 39.0 Å². The molecule has 1 aromatic carbocycles. The molecule has 0 unspecified atom stereocenters. The van der Waals surface area contributed by atoms with Gasteiger partial charge in [-0.3, -0.25) is 4.79 Å². The van der Waals surface area contributed by atoms with Crippen LogP contribution in [0.25, 0.3) is 0 Å². The molecule has 0 aromatic heterocycles. The molecular weight excluding hydrogens is 302 g/mol. The summed E-state index contributed by atoms with van der Waals surface area (Å²) in [5.74, 6) is 0.473. The van der Waals surface area contributed by atoms with Gasteiger partial charge in [-0.15, -0.1) is 11.8 Å². The molecule has 0 bridgehead atoms. The van der Waals surface area contributed by atoms with Crippen molar-refractivity contribution in [2.24, 2.45) is 0 Å². The van der Waals surface area contributed by atoms with Crippen LogP contribution in [-0.4, -0.2) is 36.4 Å². The van der Waals surface area contributed by atoms with E-state index in [1.165, 1.54) is 11.8 Å². The lowest BCUT2D eigenvalue weighted by Crippen LogP contribution is -2.35. The van der Waals surface area contributed by atoms with Crippen molar-refractivity contribution in [3.8, 4) is 0 Å². The molecule has 0 saturated carbocycles. The molecular formula is C15H21N3O3S. The van der Waals surface area contributed by atoms with Gasteiger partial charge in [0.05, 0.1) is 11.4 Å². The first-order valence-electron chi connectivity index (χ1n) is 7.11. The van der Waals surface area contributed by atoms with E-state index < -0.39 is 11.7 Å². The van der Waals surface area contributed by atoms with Crippen LogP contribution < -0.4 is 16.0 Å². The normalized spacial score (nSPS) is 13.9. The van der Waals surface area contributed by atoms with E-state index in [9.17, 15) is 9.59 Å².